The second-order valence-electron chi connectivity index (χ2n) is 2.63. The molecular weight excluding hydrogens is 213 g/mol. The van der Waals surface area contributed by atoms with Crippen molar-refractivity contribution in [3.63, 3.8) is 0 Å². The predicted molar refractivity (Wildman–Crippen MR) is 52.7 cm³/mol. The summed E-state index contributed by atoms with van der Waals surface area (Å²) < 4.78 is 2.52. The molecule has 0 aromatic heterocycles. The molecule has 0 bridgehead atoms. The number of nitrogens with zero attached hydrogens (tertiary/aromatic N) is 1. The van der Waals surface area contributed by atoms with Gasteiger partial charge in [0.25, 0.3) is 0 Å². The first-order valence-corrected chi connectivity index (χ1v) is 5.53. The van der Waals surface area contributed by atoms with Crippen LogP contribution in [0.25, 0.3) is 0 Å². The van der Waals surface area contributed by atoms with Gasteiger partial charge in [-0.05, 0) is 0 Å². The Morgan fingerprint density at radius 2 is 2.00 bits per heavy atom. The number of rotatable bonds is 1. The monoisotopic (exact) mass is 223 g/mol. The summed E-state index contributed by atoms with van der Waals surface area (Å²) in [7, 11) is 0. The van der Waals surface area contributed by atoms with E-state index in [1.807, 2.05) is 6.07 Å². The Labute approximate surface area is 78.4 Å². The van der Waals surface area contributed by atoms with Crippen LogP contribution in [-0.2, 0) is 0 Å². The van der Waals surface area contributed by atoms with Crippen LogP contribution in [0.3, 0.4) is 0 Å². The van der Waals surface area contributed by atoms with E-state index in [-0.39, 0.29) is 0 Å². The molecule has 2 heteroatoms. The molecule has 0 unspecified atom stereocenters. The maximum absolute atomic E-state index is 4.43. The Morgan fingerprint density at radius 3 is 2.58 bits per heavy atom. The Kier molecular flexibility index (Phi) is 2.11. The zero-order chi connectivity index (χ0) is 8.39. The molecule has 60 valence electrons. The zero-order valence-electron chi connectivity index (χ0n) is 6.66. The average Bonchev–Trinajstić information content (AvgIpc) is 2.54. The van der Waals surface area contributed by atoms with E-state index in [0.717, 1.165) is 6.54 Å². The van der Waals surface area contributed by atoms with Crippen LogP contribution in [0.5, 0.6) is 0 Å². The Morgan fingerprint density at radius 1 is 1.25 bits per heavy atom. The molecule has 12 heavy (non-hydrogen) atoms. The third-order valence-electron chi connectivity index (χ3n) is 1.66. The summed E-state index contributed by atoms with van der Waals surface area (Å²) in [6, 6.07) is 10.4. The van der Waals surface area contributed by atoms with Crippen LogP contribution < -0.4 is 0 Å². The van der Waals surface area contributed by atoms with Crippen LogP contribution in [0.15, 0.2) is 46.4 Å². The summed E-state index contributed by atoms with van der Waals surface area (Å²) in [4.78, 5) is 4.43. The number of hydrogen-bond acceptors (Lipinski definition) is 1. The predicted octanol–water partition coefficient (Wildman–Crippen LogP) is 1.66. The molecule has 0 saturated heterocycles. The van der Waals surface area contributed by atoms with E-state index in [4.69, 9.17) is 0 Å². The summed E-state index contributed by atoms with van der Waals surface area (Å²) in [5.41, 5.74) is 1.26. The van der Waals surface area contributed by atoms with Crippen LogP contribution in [0, 0.1) is 0 Å². The van der Waals surface area contributed by atoms with Crippen molar-refractivity contribution in [3.8, 4) is 0 Å². The summed E-state index contributed by atoms with van der Waals surface area (Å²) in [6.07, 6.45) is 0. The van der Waals surface area contributed by atoms with Gasteiger partial charge in [0.15, 0.2) is 0 Å². The molecule has 1 nitrogen and oxygen atoms in total. The molecule has 1 heterocycles. The molecule has 0 atom stereocenters. The van der Waals surface area contributed by atoms with Crippen molar-refractivity contribution >= 4 is 19.6 Å². The standard InChI is InChI=1S/C10H9NSe/c1-8-7-11-10(12-8)9-5-3-2-4-6-9/h2-6H,1,7H2. The molecule has 1 aromatic carbocycles. The Bertz CT molecular complexity index is 327. The fourth-order valence-corrected chi connectivity index (χ4v) is 2.74. The first-order chi connectivity index (χ1) is 5.86. The molecule has 0 aliphatic carbocycles. The van der Waals surface area contributed by atoms with E-state index < -0.39 is 0 Å². The van der Waals surface area contributed by atoms with Gasteiger partial charge in [0.1, 0.15) is 0 Å². The van der Waals surface area contributed by atoms with E-state index in [2.05, 4.69) is 35.8 Å². The Balaban J connectivity index is 2.28. The molecule has 1 aromatic rings. The third-order valence-corrected chi connectivity index (χ3v) is 3.71. The molecule has 0 radical (unpaired) electrons. The molecule has 2 rings (SSSR count). The van der Waals surface area contributed by atoms with Gasteiger partial charge in [-0.3, -0.25) is 0 Å². The number of aliphatic imine (C=N–C) groups is 1. The zero-order valence-corrected chi connectivity index (χ0v) is 8.37. The van der Waals surface area contributed by atoms with Crippen molar-refractivity contribution < 1.29 is 0 Å². The second kappa shape index (κ2) is 3.26. The fraction of sp³-hybridized carbons (Fsp3) is 0.100. The molecule has 0 saturated carbocycles. The molecular formula is C10H9NSe. The van der Waals surface area contributed by atoms with Crippen LogP contribution in [-0.4, -0.2) is 26.1 Å². The third kappa shape index (κ3) is 1.50. The van der Waals surface area contributed by atoms with Gasteiger partial charge >= 0.3 is 78.0 Å². The van der Waals surface area contributed by atoms with Gasteiger partial charge < -0.3 is 0 Å². The van der Waals surface area contributed by atoms with E-state index >= 15 is 0 Å². The van der Waals surface area contributed by atoms with Gasteiger partial charge in [0, 0.05) is 0 Å². The van der Waals surface area contributed by atoms with Crippen molar-refractivity contribution in [2.75, 3.05) is 6.54 Å². The first kappa shape index (κ1) is 7.78. The van der Waals surface area contributed by atoms with Crippen molar-refractivity contribution in [1.29, 1.82) is 0 Å². The summed E-state index contributed by atoms with van der Waals surface area (Å²) in [6.45, 7) is 4.78. The van der Waals surface area contributed by atoms with Gasteiger partial charge in [-0.1, -0.05) is 0 Å². The van der Waals surface area contributed by atoms with E-state index in [1.54, 1.807) is 0 Å². The van der Waals surface area contributed by atoms with E-state index in [1.165, 1.54) is 14.6 Å². The van der Waals surface area contributed by atoms with Gasteiger partial charge in [-0.2, -0.15) is 0 Å². The second-order valence-corrected chi connectivity index (χ2v) is 5.08. The van der Waals surface area contributed by atoms with Crippen molar-refractivity contribution in [3.05, 3.63) is 46.9 Å². The number of benzene rings is 1. The molecule has 0 fully saturated rings. The molecule has 0 spiro atoms. The van der Waals surface area contributed by atoms with Gasteiger partial charge in [0.05, 0.1) is 0 Å². The molecule has 0 N–H and O–H groups in total. The van der Waals surface area contributed by atoms with Crippen molar-refractivity contribution in [1.82, 2.24) is 0 Å². The molecule has 0 amide bonds. The quantitative estimate of drug-likeness (QED) is 0.641. The van der Waals surface area contributed by atoms with Gasteiger partial charge in [-0.25, -0.2) is 0 Å². The molecule has 1 aliphatic heterocycles. The minimum absolute atomic E-state index is 0.404. The normalized spacial score (nSPS) is 16.3. The van der Waals surface area contributed by atoms with Crippen LogP contribution in [0.1, 0.15) is 5.56 Å². The minimum atomic E-state index is 0.404. The maximum atomic E-state index is 4.43. The fourth-order valence-electron chi connectivity index (χ4n) is 1.09. The van der Waals surface area contributed by atoms with Crippen LogP contribution >= 0.6 is 0 Å². The van der Waals surface area contributed by atoms with Crippen LogP contribution in [0.2, 0.25) is 0 Å². The van der Waals surface area contributed by atoms with Gasteiger partial charge in [0.2, 0.25) is 0 Å². The topological polar surface area (TPSA) is 12.4 Å². The summed E-state index contributed by atoms with van der Waals surface area (Å²) in [5.74, 6) is 0. The summed E-state index contributed by atoms with van der Waals surface area (Å²) >= 11 is 0.404. The molecule has 1 aliphatic rings. The van der Waals surface area contributed by atoms with Gasteiger partial charge in [-0.15, -0.1) is 0 Å². The first-order valence-electron chi connectivity index (χ1n) is 3.82. The van der Waals surface area contributed by atoms with E-state index in [0.29, 0.717) is 15.0 Å². The number of hydrogen-bond donors (Lipinski definition) is 0. The van der Waals surface area contributed by atoms with Crippen LogP contribution in [0.4, 0.5) is 0 Å². The summed E-state index contributed by atoms with van der Waals surface area (Å²) in [5, 5.41) is 0. The van der Waals surface area contributed by atoms with Crippen molar-refractivity contribution in [2.24, 2.45) is 4.99 Å². The van der Waals surface area contributed by atoms with Crippen molar-refractivity contribution in [2.45, 2.75) is 0 Å². The van der Waals surface area contributed by atoms with E-state index in [9.17, 15) is 0 Å². The average molecular weight is 222 g/mol. The Hall–Kier alpha value is -0.851. The SMILES string of the molecule is C=C1CN=C(c2ccccc2)[Se]1.